The molecule has 0 aromatic heterocycles. The van der Waals surface area contributed by atoms with Crippen molar-refractivity contribution in [1.29, 1.82) is 0 Å². The second-order valence-corrected chi connectivity index (χ2v) is 4.14. The van der Waals surface area contributed by atoms with Gasteiger partial charge in [-0.25, -0.2) is 8.78 Å². The van der Waals surface area contributed by atoms with Crippen molar-refractivity contribution in [2.24, 2.45) is 0 Å². The first kappa shape index (κ1) is 10.5. The van der Waals surface area contributed by atoms with Crippen molar-refractivity contribution in [3.8, 4) is 0 Å². The fraction of sp³-hybridized carbons (Fsp3) is 0.143. The third-order valence-corrected chi connectivity index (χ3v) is 2.51. The molecule has 1 aromatic rings. The summed E-state index contributed by atoms with van der Waals surface area (Å²) in [7, 11) is 0. The Morgan fingerprint density at radius 3 is 1.92 bits per heavy atom. The summed E-state index contributed by atoms with van der Waals surface area (Å²) in [4.78, 5) is 0. The van der Waals surface area contributed by atoms with E-state index < -0.39 is 6.43 Å². The molecule has 0 spiro atoms. The molecule has 0 bridgehead atoms. The van der Waals surface area contributed by atoms with E-state index in [0.717, 1.165) is 3.57 Å². The molecule has 0 aliphatic rings. The Kier molecular flexibility index (Phi) is 3.55. The van der Waals surface area contributed by atoms with Gasteiger partial charge in [-0.05, 0) is 34.7 Å². The molecule has 0 unspecified atom stereocenters. The third-order valence-electron chi connectivity index (χ3n) is 1.26. The van der Waals surface area contributed by atoms with Crippen molar-refractivity contribution in [2.45, 2.75) is 6.43 Å². The first-order valence-electron chi connectivity index (χ1n) is 2.95. The molecule has 0 atom stereocenters. The lowest BCUT2D eigenvalue weighted by molar-refractivity contribution is 0.151. The SMILES string of the molecule is FC(F)c1c(Cl)cc(I)cc1Cl. The van der Waals surface area contributed by atoms with Crippen LogP contribution in [-0.2, 0) is 0 Å². The van der Waals surface area contributed by atoms with Gasteiger partial charge in [-0.15, -0.1) is 0 Å². The number of hydrogen-bond acceptors (Lipinski definition) is 0. The Bertz CT molecular complexity index is 278. The van der Waals surface area contributed by atoms with Gasteiger partial charge in [0.2, 0.25) is 0 Å². The van der Waals surface area contributed by atoms with E-state index in [0.29, 0.717) is 0 Å². The average Bonchev–Trinajstić information content (AvgIpc) is 1.82. The summed E-state index contributed by atoms with van der Waals surface area (Å²) < 4.78 is 25.2. The molecule has 0 aliphatic carbocycles. The van der Waals surface area contributed by atoms with Gasteiger partial charge in [-0.2, -0.15) is 0 Å². The normalized spacial score (nSPS) is 10.8. The second kappa shape index (κ2) is 4.07. The van der Waals surface area contributed by atoms with Crippen LogP contribution in [0.15, 0.2) is 12.1 Å². The Hall–Kier alpha value is 0.390. The van der Waals surface area contributed by atoms with Gasteiger partial charge < -0.3 is 0 Å². The van der Waals surface area contributed by atoms with Crippen molar-refractivity contribution < 1.29 is 8.78 Å². The minimum absolute atomic E-state index is 0.0156. The monoisotopic (exact) mass is 322 g/mol. The van der Waals surface area contributed by atoms with Crippen LogP contribution in [0.1, 0.15) is 12.0 Å². The first-order chi connectivity index (χ1) is 5.52. The van der Waals surface area contributed by atoms with Gasteiger partial charge >= 0.3 is 0 Å². The molecule has 12 heavy (non-hydrogen) atoms. The molecule has 0 saturated carbocycles. The first-order valence-corrected chi connectivity index (χ1v) is 4.78. The second-order valence-electron chi connectivity index (χ2n) is 2.08. The summed E-state index contributed by atoms with van der Waals surface area (Å²) in [5.41, 5.74) is -0.293. The molecule has 1 rings (SSSR count). The smallest absolute Gasteiger partial charge is 0.205 e. The zero-order valence-electron chi connectivity index (χ0n) is 5.62. The predicted octanol–water partition coefficient (Wildman–Crippen LogP) is 4.54. The van der Waals surface area contributed by atoms with E-state index in [1.165, 1.54) is 12.1 Å². The number of hydrogen-bond donors (Lipinski definition) is 0. The lowest BCUT2D eigenvalue weighted by Crippen LogP contribution is -1.88. The molecule has 1 aromatic carbocycles. The molecule has 0 aliphatic heterocycles. The van der Waals surface area contributed by atoms with E-state index in [1.54, 1.807) is 0 Å². The zero-order chi connectivity index (χ0) is 9.30. The van der Waals surface area contributed by atoms with Gasteiger partial charge in [0.15, 0.2) is 0 Å². The molecule has 0 amide bonds. The van der Waals surface area contributed by atoms with Gasteiger partial charge in [0.05, 0.1) is 15.6 Å². The Balaban J connectivity index is 3.28. The highest BCUT2D eigenvalue weighted by Gasteiger charge is 2.16. The minimum Gasteiger partial charge on any atom is -0.205 e. The van der Waals surface area contributed by atoms with Gasteiger partial charge in [-0.1, -0.05) is 23.2 Å². The van der Waals surface area contributed by atoms with E-state index >= 15 is 0 Å². The highest BCUT2D eigenvalue weighted by molar-refractivity contribution is 14.1. The van der Waals surface area contributed by atoms with E-state index in [1.807, 2.05) is 22.6 Å². The number of alkyl halides is 2. The molecule has 5 heteroatoms. The fourth-order valence-electron chi connectivity index (χ4n) is 0.762. The minimum atomic E-state index is -2.62. The molecular weight excluding hydrogens is 320 g/mol. The van der Waals surface area contributed by atoms with E-state index in [2.05, 4.69) is 0 Å². The van der Waals surface area contributed by atoms with Crippen LogP contribution in [0, 0.1) is 3.57 Å². The van der Waals surface area contributed by atoms with Gasteiger partial charge in [0.1, 0.15) is 0 Å². The van der Waals surface area contributed by atoms with E-state index in [9.17, 15) is 8.78 Å². The average molecular weight is 323 g/mol. The topological polar surface area (TPSA) is 0 Å². The van der Waals surface area contributed by atoms with Crippen molar-refractivity contribution >= 4 is 45.8 Å². The largest absolute Gasteiger partial charge is 0.266 e. The summed E-state index contributed by atoms with van der Waals surface area (Å²) >= 11 is 13.1. The summed E-state index contributed by atoms with van der Waals surface area (Å²) in [5.74, 6) is 0. The number of halogens is 5. The molecular formula is C7H3Cl2F2I. The molecule has 0 N–H and O–H groups in total. The summed E-state index contributed by atoms with van der Waals surface area (Å²) in [6, 6.07) is 2.91. The van der Waals surface area contributed by atoms with Gasteiger partial charge in [0.25, 0.3) is 6.43 Å². The maximum Gasteiger partial charge on any atom is 0.266 e. The molecule has 0 nitrogen and oxygen atoms in total. The van der Waals surface area contributed by atoms with Crippen LogP contribution in [0.5, 0.6) is 0 Å². The molecule has 0 radical (unpaired) electrons. The molecule has 0 saturated heterocycles. The maximum absolute atomic E-state index is 12.2. The maximum atomic E-state index is 12.2. The molecule has 0 fully saturated rings. The lowest BCUT2D eigenvalue weighted by Gasteiger charge is -2.05. The van der Waals surface area contributed by atoms with Crippen molar-refractivity contribution in [3.05, 3.63) is 31.3 Å². The summed E-state index contributed by atoms with van der Waals surface area (Å²) in [6.45, 7) is 0. The third kappa shape index (κ3) is 2.20. The highest BCUT2D eigenvalue weighted by Crippen LogP contribution is 2.34. The quantitative estimate of drug-likeness (QED) is 0.666. The summed E-state index contributed by atoms with van der Waals surface area (Å²) in [5, 5.41) is 0.0313. The molecule has 66 valence electrons. The standard InChI is InChI=1S/C7H3Cl2F2I/c8-4-1-3(12)2-5(9)6(4)7(10)11/h1-2,7H. The lowest BCUT2D eigenvalue weighted by atomic mass is 10.2. The highest BCUT2D eigenvalue weighted by atomic mass is 127. The van der Waals surface area contributed by atoms with Crippen molar-refractivity contribution in [2.75, 3.05) is 0 Å². The Morgan fingerprint density at radius 1 is 1.17 bits per heavy atom. The van der Waals surface area contributed by atoms with E-state index in [-0.39, 0.29) is 15.6 Å². The van der Waals surface area contributed by atoms with Crippen LogP contribution in [0.3, 0.4) is 0 Å². The van der Waals surface area contributed by atoms with Crippen LogP contribution < -0.4 is 0 Å². The van der Waals surface area contributed by atoms with Crippen LogP contribution in [-0.4, -0.2) is 0 Å². The van der Waals surface area contributed by atoms with Crippen LogP contribution in [0.2, 0.25) is 10.0 Å². The van der Waals surface area contributed by atoms with Crippen LogP contribution >= 0.6 is 45.8 Å². The van der Waals surface area contributed by atoms with Crippen LogP contribution in [0.25, 0.3) is 0 Å². The Labute approximate surface area is 92.0 Å². The predicted molar refractivity (Wildman–Crippen MR) is 54.1 cm³/mol. The van der Waals surface area contributed by atoms with Crippen molar-refractivity contribution in [1.82, 2.24) is 0 Å². The van der Waals surface area contributed by atoms with Gasteiger partial charge in [-0.3, -0.25) is 0 Å². The van der Waals surface area contributed by atoms with Gasteiger partial charge in [0, 0.05) is 3.57 Å². The van der Waals surface area contributed by atoms with E-state index in [4.69, 9.17) is 23.2 Å². The Morgan fingerprint density at radius 2 is 1.58 bits per heavy atom. The van der Waals surface area contributed by atoms with Crippen LogP contribution in [0.4, 0.5) is 8.78 Å². The van der Waals surface area contributed by atoms with Crippen molar-refractivity contribution in [3.63, 3.8) is 0 Å². The fourth-order valence-corrected chi connectivity index (χ4v) is 2.40. The summed E-state index contributed by atoms with van der Waals surface area (Å²) in [6.07, 6.45) is -2.62. The zero-order valence-corrected chi connectivity index (χ0v) is 9.29. The number of rotatable bonds is 1. The molecule has 0 heterocycles. The number of benzene rings is 1.